The molecule has 0 aromatic heterocycles. The van der Waals surface area contributed by atoms with Gasteiger partial charge in [0.2, 0.25) is 0 Å². The number of nitrogens with one attached hydrogen (secondary N) is 1. The van der Waals surface area contributed by atoms with Gasteiger partial charge < -0.3 is 10.2 Å². The fraction of sp³-hybridized carbons (Fsp3) is 0.882. The summed E-state index contributed by atoms with van der Waals surface area (Å²) in [4.78, 5) is 5.02. The zero-order valence-corrected chi connectivity index (χ0v) is 13.9. The third-order valence-corrected chi connectivity index (χ3v) is 5.30. The van der Waals surface area contributed by atoms with Gasteiger partial charge in [-0.2, -0.15) is 0 Å². The van der Waals surface area contributed by atoms with Crippen LogP contribution in [-0.4, -0.2) is 61.7 Å². The summed E-state index contributed by atoms with van der Waals surface area (Å²) in [6.07, 6.45) is 9.10. The Labute approximate surface area is 125 Å². The van der Waals surface area contributed by atoms with Gasteiger partial charge in [0.25, 0.3) is 0 Å². The predicted molar refractivity (Wildman–Crippen MR) is 87.2 cm³/mol. The second-order valence-electron chi connectivity index (χ2n) is 7.21. The van der Waals surface area contributed by atoms with Gasteiger partial charge in [-0.15, -0.1) is 0 Å². The number of piperidine rings is 1. The van der Waals surface area contributed by atoms with Gasteiger partial charge >= 0.3 is 0 Å². The molecule has 2 aliphatic rings. The summed E-state index contributed by atoms with van der Waals surface area (Å²) in [5.41, 5.74) is 1.89. The van der Waals surface area contributed by atoms with Crippen molar-refractivity contribution >= 4 is 0 Å². The Bertz CT molecular complexity index is 319. The largest absolute Gasteiger partial charge is 0.312 e. The lowest BCUT2D eigenvalue weighted by molar-refractivity contribution is 0.0538. The van der Waals surface area contributed by atoms with Crippen molar-refractivity contribution < 1.29 is 0 Å². The number of rotatable bonds is 6. The van der Waals surface area contributed by atoms with Crippen molar-refractivity contribution in [3.05, 3.63) is 11.6 Å². The van der Waals surface area contributed by atoms with E-state index in [0.717, 1.165) is 12.6 Å². The lowest BCUT2D eigenvalue weighted by Gasteiger charge is -2.48. The molecule has 0 aromatic carbocycles. The monoisotopic (exact) mass is 279 g/mol. The van der Waals surface area contributed by atoms with E-state index in [1.54, 1.807) is 0 Å². The first kappa shape index (κ1) is 16.0. The van der Waals surface area contributed by atoms with E-state index in [1.165, 1.54) is 57.3 Å². The molecule has 0 spiro atoms. The SMILES string of the molecule is CC(C)=CCN1CCC(NCC2(N(C)C)CCC2)CC1. The number of allylic oxidation sites excluding steroid dienone is 1. The Kier molecular flexibility index (Phi) is 5.65. The molecule has 1 saturated carbocycles. The molecule has 1 heterocycles. The minimum absolute atomic E-state index is 0.458. The summed E-state index contributed by atoms with van der Waals surface area (Å²) in [5.74, 6) is 0. The quantitative estimate of drug-likeness (QED) is 0.754. The van der Waals surface area contributed by atoms with Crippen molar-refractivity contribution in [3.8, 4) is 0 Å². The molecule has 116 valence electrons. The number of nitrogens with zero attached hydrogens (tertiary/aromatic N) is 2. The van der Waals surface area contributed by atoms with E-state index in [4.69, 9.17) is 0 Å². The van der Waals surface area contributed by atoms with Crippen LogP contribution in [0.4, 0.5) is 0 Å². The van der Waals surface area contributed by atoms with Crippen LogP contribution in [0.25, 0.3) is 0 Å². The summed E-state index contributed by atoms with van der Waals surface area (Å²) in [6, 6.07) is 0.732. The first-order valence-corrected chi connectivity index (χ1v) is 8.28. The fourth-order valence-electron chi connectivity index (χ4n) is 3.33. The highest BCUT2D eigenvalue weighted by Gasteiger charge is 2.39. The highest BCUT2D eigenvalue weighted by Crippen LogP contribution is 2.35. The van der Waals surface area contributed by atoms with E-state index in [2.05, 4.69) is 49.1 Å². The molecule has 0 radical (unpaired) electrons. The van der Waals surface area contributed by atoms with Gasteiger partial charge in [0, 0.05) is 24.7 Å². The maximum absolute atomic E-state index is 3.85. The number of hydrogen-bond acceptors (Lipinski definition) is 3. The lowest BCUT2D eigenvalue weighted by Crippen LogP contribution is -2.58. The van der Waals surface area contributed by atoms with E-state index < -0.39 is 0 Å². The molecule has 2 rings (SSSR count). The molecule has 0 bridgehead atoms. The second kappa shape index (κ2) is 7.06. The topological polar surface area (TPSA) is 18.5 Å². The van der Waals surface area contributed by atoms with E-state index in [0.29, 0.717) is 5.54 Å². The normalized spacial score (nSPS) is 23.6. The van der Waals surface area contributed by atoms with E-state index in [9.17, 15) is 0 Å². The van der Waals surface area contributed by atoms with Gasteiger partial charge in [0.15, 0.2) is 0 Å². The Morgan fingerprint density at radius 3 is 2.35 bits per heavy atom. The van der Waals surface area contributed by atoms with Gasteiger partial charge in [-0.25, -0.2) is 0 Å². The Hall–Kier alpha value is -0.380. The Balaban J connectivity index is 1.68. The standard InChI is InChI=1S/C17H33N3/c1-15(2)6-11-20-12-7-16(8-13-20)18-14-17(19(3)4)9-5-10-17/h6,16,18H,5,7-14H2,1-4H3. The van der Waals surface area contributed by atoms with Crippen LogP contribution in [0.3, 0.4) is 0 Å². The minimum atomic E-state index is 0.458. The molecule has 2 fully saturated rings. The van der Waals surface area contributed by atoms with E-state index in [1.807, 2.05) is 0 Å². The minimum Gasteiger partial charge on any atom is -0.312 e. The maximum atomic E-state index is 3.85. The average molecular weight is 279 g/mol. The zero-order chi connectivity index (χ0) is 14.6. The summed E-state index contributed by atoms with van der Waals surface area (Å²) in [5, 5.41) is 3.85. The number of hydrogen-bond donors (Lipinski definition) is 1. The van der Waals surface area contributed by atoms with Crippen LogP contribution < -0.4 is 5.32 Å². The summed E-state index contributed by atoms with van der Waals surface area (Å²) in [6.45, 7) is 9.18. The molecule has 3 nitrogen and oxygen atoms in total. The molecule has 3 heteroatoms. The maximum Gasteiger partial charge on any atom is 0.0328 e. The van der Waals surface area contributed by atoms with Gasteiger partial charge in [-0.1, -0.05) is 11.6 Å². The molecule has 0 atom stereocenters. The molecule has 1 aliphatic carbocycles. The molecule has 1 saturated heterocycles. The highest BCUT2D eigenvalue weighted by atomic mass is 15.2. The first-order valence-electron chi connectivity index (χ1n) is 8.28. The lowest BCUT2D eigenvalue weighted by atomic mass is 9.75. The van der Waals surface area contributed by atoms with Crippen LogP contribution in [0.1, 0.15) is 46.0 Å². The van der Waals surface area contributed by atoms with Gasteiger partial charge in [0.05, 0.1) is 0 Å². The van der Waals surface area contributed by atoms with Crippen molar-refractivity contribution in [1.82, 2.24) is 15.1 Å². The fourth-order valence-corrected chi connectivity index (χ4v) is 3.33. The molecular weight excluding hydrogens is 246 g/mol. The van der Waals surface area contributed by atoms with Crippen molar-refractivity contribution in [2.75, 3.05) is 40.3 Å². The van der Waals surface area contributed by atoms with Crippen LogP contribution in [0.5, 0.6) is 0 Å². The Morgan fingerprint density at radius 2 is 1.90 bits per heavy atom. The molecule has 20 heavy (non-hydrogen) atoms. The third kappa shape index (κ3) is 4.06. The van der Waals surface area contributed by atoms with Crippen LogP contribution >= 0.6 is 0 Å². The van der Waals surface area contributed by atoms with Crippen molar-refractivity contribution in [2.45, 2.75) is 57.5 Å². The first-order chi connectivity index (χ1) is 9.52. The third-order valence-electron chi connectivity index (χ3n) is 5.30. The Morgan fingerprint density at radius 1 is 1.25 bits per heavy atom. The predicted octanol–water partition coefficient (Wildman–Crippen LogP) is 2.49. The van der Waals surface area contributed by atoms with Crippen LogP contribution in [0, 0.1) is 0 Å². The van der Waals surface area contributed by atoms with Crippen molar-refractivity contribution in [1.29, 1.82) is 0 Å². The van der Waals surface area contributed by atoms with Crippen molar-refractivity contribution in [2.24, 2.45) is 0 Å². The smallest absolute Gasteiger partial charge is 0.0328 e. The summed E-state index contributed by atoms with van der Waals surface area (Å²) < 4.78 is 0. The highest BCUT2D eigenvalue weighted by molar-refractivity contribution is 4.99. The van der Waals surface area contributed by atoms with Crippen molar-refractivity contribution in [3.63, 3.8) is 0 Å². The number of likely N-dealkylation sites (tertiary alicyclic amines) is 1. The molecule has 1 aliphatic heterocycles. The molecule has 0 unspecified atom stereocenters. The second-order valence-corrected chi connectivity index (χ2v) is 7.21. The summed E-state index contributed by atoms with van der Waals surface area (Å²) >= 11 is 0. The zero-order valence-electron chi connectivity index (χ0n) is 13.9. The average Bonchev–Trinajstić information content (AvgIpc) is 2.36. The van der Waals surface area contributed by atoms with E-state index >= 15 is 0 Å². The van der Waals surface area contributed by atoms with Gasteiger partial charge in [0.1, 0.15) is 0 Å². The van der Waals surface area contributed by atoms with Gasteiger partial charge in [-0.05, 0) is 73.1 Å². The van der Waals surface area contributed by atoms with E-state index in [-0.39, 0.29) is 0 Å². The molecule has 1 N–H and O–H groups in total. The number of likely N-dealkylation sites (N-methyl/N-ethyl adjacent to an activating group) is 1. The van der Waals surface area contributed by atoms with Gasteiger partial charge in [-0.3, -0.25) is 4.90 Å². The van der Waals surface area contributed by atoms with Crippen LogP contribution in [-0.2, 0) is 0 Å². The molecule has 0 aromatic rings. The molecular formula is C17H33N3. The van der Waals surface area contributed by atoms with Crippen LogP contribution in [0.2, 0.25) is 0 Å². The molecule has 0 amide bonds. The van der Waals surface area contributed by atoms with Crippen LogP contribution in [0.15, 0.2) is 11.6 Å². The summed E-state index contributed by atoms with van der Waals surface area (Å²) in [7, 11) is 4.48.